The highest BCUT2D eigenvalue weighted by molar-refractivity contribution is 7.99. The van der Waals surface area contributed by atoms with Gasteiger partial charge in [-0.15, -0.1) is 0 Å². The zero-order valence-corrected chi connectivity index (χ0v) is 16.9. The number of thiocarbonyl (C=S) groups is 1. The Labute approximate surface area is 169 Å². The number of hydrogen-bond donors (Lipinski definition) is 3. The average molecular weight is 409 g/mol. The summed E-state index contributed by atoms with van der Waals surface area (Å²) in [5.74, 6) is 0. The number of hydrogen-bond acceptors (Lipinski definition) is 3. The predicted octanol–water partition coefficient (Wildman–Crippen LogP) is 2.69. The maximum absolute atomic E-state index is 6.18. The summed E-state index contributed by atoms with van der Waals surface area (Å²) in [5, 5.41) is 7.89. The second-order valence-electron chi connectivity index (χ2n) is 6.05. The van der Waals surface area contributed by atoms with Crippen LogP contribution in [-0.2, 0) is 4.74 Å². The molecule has 2 aromatic carbocycles. The molecule has 3 N–H and O–H groups in total. The van der Waals surface area contributed by atoms with Gasteiger partial charge < -0.3 is 20.3 Å². The quantitative estimate of drug-likeness (QED) is 0.641. The van der Waals surface area contributed by atoms with E-state index in [9.17, 15) is 0 Å². The molecule has 4 nitrogen and oxygen atoms in total. The van der Waals surface area contributed by atoms with Crippen LogP contribution in [0, 0.1) is 0 Å². The lowest BCUT2D eigenvalue weighted by Crippen LogP contribution is -3.14. The zero-order chi connectivity index (χ0) is 18.2. The molecule has 0 atom stereocenters. The van der Waals surface area contributed by atoms with E-state index >= 15 is 0 Å². The van der Waals surface area contributed by atoms with Crippen LogP contribution in [0.2, 0.25) is 5.02 Å². The van der Waals surface area contributed by atoms with E-state index < -0.39 is 0 Å². The fraction of sp³-hybridized carbons (Fsp3) is 0.316. The van der Waals surface area contributed by atoms with Crippen molar-refractivity contribution in [1.82, 2.24) is 5.32 Å². The van der Waals surface area contributed by atoms with Crippen LogP contribution in [-0.4, -0.2) is 44.5 Å². The Hall–Kier alpha value is -1.31. The molecule has 3 rings (SSSR count). The Morgan fingerprint density at radius 1 is 1.15 bits per heavy atom. The predicted molar refractivity (Wildman–Crippen MR) is 113 cm³/mol. The van der Waals surface area contributed by atoms with Gasteiger partial charge in [-0.25, -0.2) is 0 Å². The van der Waals surface area contributed by atoms with Crippen LogP contribution in [0.5, 0.6) is 0 Å². The van der Waals surface area contributed by atoms with Crippen molar-refractivity contribution in [2.45, 2.75) is 9.79 Å². The van der Waals surface area contributed by atoms with Gasteiger partial charge in [-0.1, -0.05) is 41.6 Å². The van der Waals surface area contributed by atoms with Crippen LogP contribution in [0.15, 0.2) is 58.3 Å². The highest BCUT2D eigenvalue weighted by atomic mass is 35.5. The van der Waals surface area contributed by atoms with Crippen molar-refractivity contribution < 1.29 is 9.64 Å². The van der Waals surface area contributed by atoms with E-state index in [2.05, 4.69) is 22.8 Å². The van der Waals surface area contributed by atoms with Crippen molar-refractivity contribution >= 4 is 46.4 Å². The monoisotopic (exact) mass is 408 g/mol. The number of rotatable bonds is 6. The number of halogens is 1. The van der Waals surface area contributed by atoms with Crippen molar-refractivity contribution in [1.29, 1.82) is 0 Å². The second-order valence-corrected chi connectivity index (χ2v) is 8.01. The molecule has 2 aromatic rings. The smallest absolute Gasteiger partial charge is 0.171 e. The molecule has 0 aliphatic carbocycles. The van der Waals surface area contributed by atoms with Crippen molar-refractivity contribution in [3.05, 3.63) is 53.6 Å². The minimum atomic E-state index is 0.620. The fourth-order valence-corrected chi connectivity index (χ4v) is 4.02. The van der Waals surface area contributed by atoms with Gasteiger partial charge in [0.05, 0.1) is 32.0 Å². The number of benzene rings is 2. The van der Waals surface area contributed by atoms with Gasteiger partial charge in [0.2, 0.25) is 0 Å². The van der Waals surface area contributed by atoms with Gasteiger partial charge in [0.25, 0.3) is 0 Å². The third kappa shape index (κ3) is 6.14. The molecule has 0 amide bonds. The molecule has 0 aromatic heterocycles. The van der Waals surface area contributed by atoms with E-state index in [1.807, 2.05) is 36.4 Å². The average Bonchev–Trinajstić information content (AvgIpc) is 2.66. The first-order valence-corrected chi connectivity index (χ1v) is 10.3. The molecule has 1 fully saturated rings. The largest absolute Gasteiger partial charge is 0.370 e. The van der Waals surface area contributed by atoms with Crippen molar-refractivity contribution in [2.75, 3.05) is 44.7 Å². The normalized spacial score (nSPS) is 14.8. The minimum absolute atomic E-state index is 0.620. The van der Waals surface area contributed by atoms with E-state index in [1.165, 1.54) is 4.90 Å². The highest BCUT2D eigenvalue weighted by Gasteiger charge is 2.13. The molecule has 0 radical (unpaired) electrons. The van der Waals surface area contributed by atoms with Gasteiger partial charge in [-0.3, -0.25) is 0 Å². The van der Waals surface area contributed by atoms with Crippen molar-refractivity contribution in [3.8, 4) is 0 Å². The maximum atomic E-state index is 6.18. The molecule has 1 aliphatic rings. The molecular formula is C19H23ClN3OS2+. The van der Waals surface area contributed by atoms with Gasteiger partial charge in [-0.2, -0.15) is 0 Å². The van der Waals surface area contributed by atoms with Crippen LogP contribution in [0.3, 0.4) is 0 Å². The first-order chi connectivity index (χ1) is 12.7. The Morgan fingerprint density at radius 2 is 1.92 bits per heavy atom. The Kier molecular flexibility index (Phi) is 7.58. The first-order valence-electron chi connectivity index (χ1n) is 8.69. The summed E-state index contributed by atoms with van der Waals surface area (Å²) in [6, 6.07) is 16.1. The van der Waals surface area contributed by atoms with Crippen LogP contribution < -0.4 is 15.5 Å². The standard InChI is InChI=1S/C19H22ClN3OS2/c20-15-6-7-18(26-16-4-2-1-3-5-16)17(14-15)22-19(25)21-8-9-23-10-12-24-13-11-23/h1-7,14H,8-13H2,(H2,21,22,25)/p+1. The Bertz CT molecular complexity index is 724. The molecule has 26 heavy (non-hydrogen) atoms. The summed E-state index contributed by atoms with van der Waals surface area (Å²) in [6.07, 6.45) is 0. The molecular weight excluding hydrogens is 386 g/mol. The molecule has 0 unspecified atom stereocenters. The lowest BCUT2D eigenvalue weighted by molar-refractivity contribution is -0.906. The lowest BCUT2D eigenvalue weighted by atomic mass is 10.3. The Morgan fingerprint density at radius 3 is 2.69 bits per heavy atom. The molecule has 0 saturated carbocycles. The molecule has 1 aliphatic heterocycles. The van der Waals surface area contributed by atoms with Gasteiger partial charge >= 0.3 is 0 Å². The Balaban J connectivity index is 1.55. The zero-order valence-electron chi connectivity index (χ0n) is 14.5. The minimum Gasteiger partial charge on any atom is -0.370 e. The van der Waals surface area contributed by atoms with E-state index in [4.69, 9.17) is 28.6 Å². The summed E-state index contributed by atoms with van der Waals surface area (Å²) in [5.41, 5.74) is 0.919. The van der Waals surface area contributed by atoms with Gasteiger partial charge in [0, 0.05) is 14.8 Å². The van der Waals surface area contributed by atoms with Crippen molar-refractivity contribution in [2.24, 2.45) is 0 Å². The van der Waals surface area contributed by atoms with E-state index in [0.29, 0.717) is 10.1 Å². The van der Waals surface area contributed by atoms with Crippen LogP contribution in [0.25, 0.3) is 0 Å². The maximum Gasteiger partial charge on any atom is 0.171 e. The molecule has 1 saturated heterocycles. The summed E-state index contributed by atoms with van der Waals surface area (Å²) in [6.45, 7) is 5.69. The summed E-state index contributed by atoms with van der Waals surface area (Å²) in [4.78, 5) is 3.81. The molecule has 0 bridgehead atoms. The van der Waals surface area contributed by atoms with Crippen LogP contribution in [0.1, 0.15) is 0 Å². The molecule has 1 heterocycles. The summed E-state index contributed by atoms with van der Waals surface area (Å²) >= 11 is 13.3. The number of ether oxygens (including phenoxy) is 1. The summed E-state index contributed by atoms with van der Waals surface area (Å²) < 4.78 is 5.39. The number of morpholine rings is 1. The van der Waals surface area contributed by atoms with Gasteiger partial charge in [0.1, 0.15) is 13.1 Å². The third-order valence-corrected chi connectivity index (χ3v) is 5.69. The molecule has 0 spiro atoms. The lowest BCUT2D eigenvalue weighted by Gasteiger charge is -2.24. The topological polar surface area (TPSA) is 37.7 Å². The first kappa shape index (κ1) is 19.5. The van der Waals surface area contributed by atoms with Crippen molar-refractivity contribution in [3.63, 3.8) is 0 Å². The van der Waals surface area contributed by atoms with E-state index in [1.54, 1.807) is 16.7 Å². The molecule has 138 valence electrons. The fourth-order valence-electron chi connectivity index (χ4n) is 2.73. The SMILES string of the molecule is S=C(NCC[NH+]1CCOCC1)Nc1cc(Cl)ccc1Sc1ccccc1. The third-order valence-electron chi connectivity index (χ3n) is 4.12. The van der Waals surface area contributed by atoms with Gasteiger partial charge in [0.15, 0.2) is 5.11 Å². The number of quaternary nitrogens is 1. The highest BCUT2D eigenvalue weighted by Crippen LogP contribution is 2.34. The van der Waals surface area contributed by atoms with E-state index in [0.717, 1.165) is 50.0 Å². The number of nitrogens with one attached hydrogen (secondary N) is 3. The molecule has 7 heteroatoms. The number of anilines is 1. The van der Waals surface area contributed by atoms with Crippen LogP contribution >= 0.6 is 35.6 Å². The van der Waals surface area contributed by atoms with Crippen LogP contribution in [0.4, 0.5) is 5.69 Å². The van der Waals surface area contributed by atoms with Gasteiger partial charge in [-0.05, 0) is 42.5 Å². The summed E-state index contributed by atoms with van der Waals surface area (Å²) in [7, 11) is 0. The second kappa shape index (κ2) is 10.1. The van der Waals surface area contributed by atoms with E-state index in [-0.39, 0.29) is 0 Å².